The van der Waals surface area contributed by atoms with Gasteiger partial charge in [-0.25, -0.2) is 0 Å². The average Bonchev–Trinajstić information content (AvgIpc) is 2.65. The number of aryl methyl sites for hydroxylation is 2. The Morgan fingerprint density at radius 3 is 2.94 bits per heavy atom. The summed E-state index contributed by atoms with van der Waals surface area (Å²) in [7, 11) is 3.97. The van der Waals surface area contributed by atoms with Gasteiger partial charge in [-0.05, 0) is 32.7 Å². The first-order valence-electron chi connectivity index (χ1n) is 6.70. The van der Waals surface area contributed by atoms with Crippen molar-refractivity contribution >= 4 is 5.82 Å². The molecule has 2 rings (SSSR count). The zero-order valence-corrected chi connectivity index (χ0v) is 11.6. The Morgan fingerprint density at radius 2 is 2.28 bits per heavy atom. The fraction of sp³-hybridized carbons (Fsp3) is 0.769. The number of aliphatic hydroxyl groups is 1. The van der Waals surface area contributed by atoms with Gasteiger partial charge in [0.1, 0.15) is 5.82 Å². The summed E-state index contributed by atoms with van der Waals surface area (Å²) in [5.41, 5.74) is 2.37. The largest absolute Gasteiger partial charge is 0.396 e. The molecular formula is C13H24N4O. The summed E-state index contributed by atoms with van der Waals surface area (Å²) in [6, 6.07) is 0. The first kappa shape index (κ1) is 13.4. The van der Waals surface area contributed by atoms with Crippen LogP contribution in [0.5, 0.6) is 0 Å². The molecule has 1 aromatic heterocycles. The number of hydrogen-bond acceptors (Lipinski definition) is 4. The smallest absolute Gasteiger partial charge is 0.131 e. The van der Waals surface area contributed by atoms with Gasteiger partial charge in [0, 0.05) is 38.9 Å². The van der Waals surface area contributed by atoms with E-state index in [2.05, 4.69) is 22.2 Å². The number of aliphatic hydroxyl groups excluding tert-OH is 1. The lowest BCUT2D eigenvalue weighted by Crippen LogP contribution is -2.38. The van der Waals surface area contributed by atoms with Gasteiger partial charge in [-0.15, -0.1) is 0 Å². The summed E-state index contributed by atoms with van der Waals surface area (Å²) < 4.78 is 1.97. The molecule has 1 fully saturated rings. The lowest BCUT2D eigenvalue weighted by Gasteiger charge is -2.34. The standard InChI is InChI=1S/C13H24N4O/c1-10-12(7-14-2)13(16(3)15-10)17-6-4-5-11(8-17)9-18/h11,14,18H,4-9H2,1-3H3. The predicted octanol–water partition coefficient (Wildman–Crippen LogP) is 0.657. The minimum absolute atomic E-state index is 0.286. The molecule has 0 amide bonds. The third-order valence-electron chi connectivity index (χ3n) is 3.74. The number of rotatable bonds is 4. The van der Waals surface area contributed by atoms with Crippen molar-refractivity contribution in [1.82, 2.24) is 15.1 Å². The molecule has 0 aliphatic carbocycles. The number of anilines is 1. The Hall–Kier alpha value is -1.07. The van der Waals surface area contributed by atoms with Crippen LogP contribution in [0.2, 0.25) is 0 Å². The molecule has 1 aliphatic heterocycles. The van der Waals surface area contributed by atoms with Crippen molar-refractivity contribution in [3.8, 4) is 0 Å². The molecule has 5 heteroatoms. The molecule has 2 N–H and O–H groups in total. The zero-order chi connectivity index (χ0) is 13.1. The Kier molecular flexibility index (Phi) is 4.24. The molecule has 0 saturated carbocycles. The summed E-state index contributed by atoms with van der Waals surface area (Å²) in [5.74, 6) is 1.61. The summed E-state index contributed by atoms with van der Waals surface area (Å²) in [5, 5.41) is 17.1. The first-order chi connectivity index (χ1) is 8.67. The fourth-order valence-corrected chi connectivity index (χ4v) is 2.88. The topological polar surface area (TPSA) is 53.3 Å². The van der Waals surface area contributed by atoms with E-state index in [-0.39, 0.29) is 6.61 Å². The van der Waals surface area contributed by atoms with Crippen molar-refractivity contribution in [2.24, 2.45) is 13.0 Å². The summed E-state index contributed by atoms with van der Waals surface area (Å²) in [4.78, 5) is 2.37. The molecule has 0 bridgehead atoms. The number of aromatic nitrogens is 2. The number of nitrogens with zero attached hydrogens (tertiary/aromatic N) is 3. The van der Waals surface area contributed by atoms with E-state index in [9.17, 15) is 5.11 Å². The van der Waals surface area contributed by atoms with Gasteiger partial charge in [0.15, 0.2) is 0 Å². The zero-order valence-electron chi connectivity index (χ0n) is 11.6. The van der Waals surface area contributed by atoms with Crippen LogP contribution in [0.25, 0.3) is 0 Å². The van der Waals surface area contributed by atoms with Crippen LogP contribution in [0.1, 0.15) is 24.1 Å². The maximum Gasteiger partial charge on any atom is 0.131 e. The van der Waals surface area contributed by atoms with E-state index in [1.807, 2.05) is 18.8 Å². The van der Waals surface area contributed by atoms with E-state index in [4.69, 9.17) is 0 Å². The molecular weight excluding hydrogens is 228 g/mol. The van der Waals surface area contributed by atoms with Gasteiger partial charge in [0.25, 0.3) is 0 Å². The van der Waals surface area contributed by atoms with Crippen LogP contribution in [-0.4, -0.2) is 41.6 Å². The van der Waals surface area contributed by atoms with Gasteiger partial charge >= 0.3 is 0 Å². The van der Waals surface area contributed by atoms with E-state index in [1.165, 1.54) is 11.4 Å². The minimum Gasteiger partial charge on any atom is -0.396 e. The van der Waals surface area contributed by atoms with Crippen LogP contribution in [0.3, 0.4) is 0 Å². The summed E-state index contributed by atoms with van der Waals surface area (Å²) in [6.07, 6.45) is 2.28. The maximum atomic E-state index is 9.34. The number of nitrogens with one attached hydrogen (secondary N) is 1. The second-order valence-electron chi connectivity index (χ2n) is 5.18. The van der Waals surface area contributed by atoms with E-state index >= 15 is 0 Å². The second-order valence-corrected chi connectivity index (χ2v) is 5.18. The van der Waals surface area contributed by atoms with Crippen molar-refractivity contribution in [2.75, 3.05) is 31.6 Å². The predicted molar refractivity (Wildman–Crippen MR) is 72.7 cm³/mol. The maximum absolute atomic E-state index is 9.34. The third-order valence-corrected chi connectivity index (χ3v) is 3.74. The summed E-state index contributed by atoms with van der Waals surface area (Å²) in [6.45, 7) is 5.19. The van der Waals surface area contributed by atoms with Crippen molar-refractivity contribution in [3.05, 3.63) is 11.3 Å². The molecule has 0 aromatic carbocycles. The molecule has 1 atom stereocenters. The highest BCUT2D eigenvalue weighted by molar-refractivity contribution is 5.50. The summed E-state index contributed by atoms with van der Waals surface area (Å²) >= 11 is 0. The van der Waals surface area contributed by atoms with Crippen LogP contribution >= 0.6 is 0 Å². The average molecular weight is 252 g/mol. The first-order valence-corrected chi connectivity index (χ1v) is 6.70. The van der Waals surface area contributed by atoms with Crippen molar-refractivity contribution < 1.29 is 5.11 Å². The van der Waals surface area contributed by atoms with Gasteiger partial charge in [-0.3, -0.25) is 4.68 Å². The molecule has 1 unspecified atom stereocenters. The van der Waals surface area contributed by atoms with Gasteiger partial charge < -0.3 is 15.3 Å². The molecule has 1 saturated heterocycles. The van der Waals surface area contributed by atoms with Crippen LogP contribution in [0.15, 0.2) is 0 Å². The quantitative estimate of drug-likeness (QED) is 0.826. The van der Waals surface area contributed by atoms with E-state index < -0.39 is 0 Å². The lowest BCUT2D eigenvalue weighted by molar-refractivity contribution is 0.208. The Morgan fingerprint density at radius 1 is 1.50 bits per heavy atom. The minimum atomic E-state index is 0.286. The molecule has 1 aliphatic rings. The van der Waals surface area contributed by atoms with Crippen molar-refractivity contribution in [3.63, 3.8) is 0 Å². The van der Waals surface area contributed by atoms with Gasteiger partial charge in [-0.1, -0.05) is 0 Å². The number of piperidine rings is 1. The Balaban J connectivity index is 2.25. The lowest BCUT2D eigenvalue weighted by atomic mass is 9.98. The Labute approximate surface area is 109 Å². The molecule has 2 heterocycles. The van der Waals surface area contributed by atoms with Crippen LogP contribution in [0.4, 0.5) is 5.82 Å². The van der Waals surface area contributed by atoms with Gasteiger partial charge in [0.2, 0.25) is 0 Å². The molecule has 18 heavy (non-hydrogen) atoms. The van der Waals surface area contributed by atoms with Crippen LogP contribution < -0.4 is 10.2 Å². The van der Waals surface area contributed by atoms with Crippen molar-refractivity contribution in [2.45, 2.75) is 26.3 Å². The van der Waals surface area contributed by atoms with E-state index in [0.29, 0.717) is 5.92 Å². The highest BCUT2D eigenvalue weighted by Crippen LogP contribution is 2.27. The van der Waals surface area contributed by atoms with Gasteiger partial charge in [-0.2, -0.15) is 5.10 Å². The highest BCUT2D eigenvalue weighted by Gasteiger charge is 2.24. The van der Waals surface area contributed by atoms with Crippen LogP contribution in [-0.2, 0) is 13.6 Å². The molecule has 102 valence electrons. The molecule has 0 spiro atoms. The normalized spacial score (nSPS) is 20.4. The fourth-order valence-electron chi connectivity index (χ4n) is 2.88. The van der Waals surface area contributed by atoms with Crippen molar-refractivity contribution in [1.29, 1.82) is 0 Å². The van der Waals surface area contributed by atoms with E-state index in [1.54, 1.807) is 0 Å². The molecule has 1 aromatic rings. The number of hydrogen-bond donors (Lipinski definition) is 2. The molecule has 0 radical (unpaired) electrons. The Bertz CT molecular complexity index is 402. The highest BCUT2D eigenvalue weighted by atomic mass is 16.3. The third kappa shape index (κ3) is 2.52. The second kappa shape index (κ2) is 5.71. The van der Waals surface area contributed by atoms with Gasteiger partial charge in [0.05, 0.1) is 5.69 Å². The van der Waals surface area contributed by atoms with Crippen LogP contribution in [0, 0.1) is 12.8 Å². The molecule has 5 nitrogen and oxygen atoms in total. The monoisotopic (exact) mass is 252 g/mol. The SMILES string of the molecule is CNCc1c(C)nn(C)c1N1CCCC(CO)C1. The van der Waals surface area contributed by atoms with E-state index in [0.717, 1.165) is 38.2 Å².